The molecule has 0 saturated carbocycles. The third-order valence-corrected chi connectivity index (χ3v) is 3.63. The van der Waals surface area contributed by atoms with Crippen LogP contribution in [-0.4, -0.2) is 38.7 Å². The Morgan fingerprint density at radius 3 is 2.87 bits per heavy atom. The van der Waals surface area contributed by atoms with Gasteiger partial charge in [0, 0.05) is 18.4 Å². The number of oxime groups is 1. The number of carbonyl (C=O) groups is 1. The second kappa shape index (κ2) is 6.21. The minimum absolute atomic E-state index is 0.127. The molecule has 9 nitrogen and oxygen atoms in total. The first-order valence-corrected chi connectivity index (χ1v) is 6.95. The molecule has 1 aromatic carbocycles. The number of rotatable bonds is 5. The molecular weight excluding hydrogens is 306 g/mol. The van der Waals surface area contributed by atoms with Crippen molar-refractivity contribution >= 4 is 11.6 Å². The molecule has 2 aliphatic heterocycles. The zero-order chi connectivity index (χ0) is 16.4. The van der Waals surface area contributed by atoms with Crippen molar-refractivity contribution in [1.29, 1.82) is 0 Å². The third kappa shape index (κ3) is 2.70. The van der Waals surface area contributed by atoms with Crippen LogP contribution in [-0.2, 0) is 16.1 Å². The number of ether oxygens (including phenoxy) is 4. The number of nitrogens with one attached hydrogen (secondary N) is 1. The lowest BCUT2D eigenvalue weighted by molar-refractivity contribution is -0.115. The van der Waals surface area contributed by atoms with Gasteiger partial charge < -0.3 is 23.8 Å². The summed E-state index contributed by atoms with van der Waals surface area (Å²) in [7, 11) is 3.07. The van der Waals surface area contributed by atoms with Crippen molar-refractivity contribution in [3.05, 3.63) is 11.6 Å². The summed E-state index contributed by atoms with van der Waals surface area (Å²) in [4.78, 5) is 16.7. The molecule has 1 aromatic rings. The molecule has 2 aliphatic rings. The summed E-state index contributed by atoms with van der Waals surface area (Å²) >= 11 is 0. The number of hydrazine groups is 1. The molecule has 0 aromatic heterocycles. The van der Waals surface area contributed by atoms with Crippen LogP contribution in [0.15, 0.2) is 11.2 Å². The summed E-state index contributed by atoms with van der Waals surface area (Å²) in [6.45, 7) is 0.127. The lowest BCUT2D eigenvalue weighted by atomic mass is 10.0. The fourth-order valence-corrected chi connectivity index (χ4v) is 2.61. The number of hydrogen-bond donors (Lipinski definition) is 2. The van der Waals surface area contributed by atoms with Gasteiger partial charge in [-0.2, -0.15) is 0 Å². The van der Waals surface area contributed by atoms with Gasteiger partial charge in [-0.25, -0.2) is 5.84 Å². The van der Waals surface area contributed by atoms with Crippen LogP contribution in [0, 0.1) is 0 Å². The lowest BCUT2D eigenvalue weighted by Gasteiger charge is -2.16. The number of methoxy groups -OCH3 is 2. The van der Waals surface area contributed by atoms with E-state index in [0.29, 0.717) is 35.8 Å². The first-order valence-electron chi connectivity index (χ1n) is 6.95. The highest BCUT2D eigenvalue weighted by Gasteiger charge is 2.30. The average Bonchev–Trinajstić information content (AvgIpc) is 3.21. The van der Waals surface area contributed by atoms with E-state index in [9.17, 15) is 4.79 Å². The Labute approximate surface area is 132 Å². The maximum atomic E-state index is 11.5. The predicted molar refractivity (Wildman–Crippen MR) is 78.6 cm³/mol. The molecule has 0 bridgehead atoms. The Bertz CT molecular complexity index is 660. The molecule has 1 atom stereocenters. The summed E-state index contributed by atoms with van der Waals surface area (Å²) in [6, 6.07) is 1.81. The number of fused-ring (bicyclic) bond motifs is 1. The van der Waals surface area contributed by atoms with Gasteiger partial charge in [0.1, 0.15) is 11.8 Å². The van der Waals surface area contributed by atoms with Gasteiger partial charge in [-0.3, -0.25) is 10.2 Å². The molecule has 23 heavy (non-hydrogen) atoms. The van der Waals surface area contributed by atoms with Crippen LogP contribution >= 0.6 is 0 Å². The summed E-state index contributed by atoms with van der Waals surface area (Å²) in [6.07, 6.45) is 0.505. The monoisotopic (exact) mass is 323 g/mol. The van der Waals surface area contributed by atoms with Gasteiger partial charge >= 0.3 is 0 Å². The lowest BCUT2D eigenvalue weighted by Crippen LogP contribution is -2.36. The second-order valence-electron chi connectivity index (χ2n) is 4.98. The quantitative estimate of drug-likeness (QED) is 0.449. The summed E-state index contributed by atoms with van der Waals surface area (Å²) < 4.78 is 21.6. The van der Waals surface area contributed by atoms with Gasteiger partial charge in [-0.15, -0.1) is 0 Å². The zero-order valence-electron chi connectivity index (χ0n) is 12.8. The molecule has 3 N–H and O–H groups in total. The minimum Gasteiger partial charge on any atom is -0.492 e. The smallest absolute Gasteiger partial charge is 0.283 e. The Morgan fingerprint density at radius 2 is 2.17 bits per heavy atom. The van der Waals surface area contributed by atoms with Crippen molar-refractivity contribution < 1.29 is 28.6 Å². The molecule has 0 radical (unpaired) electrons. The summed E-state index contributed by atoms with van der Waals surface area (Å²) in [5, 5.41) is 3.75. The second-order valence-corrected chi connectivity index (χ2v) is 4.98. The van der Waals surface area contributed by atoms with Crippen LogP contribution in [0.1, 0.15) is 12.0 Å². The SMILES string of the molecule is COc1c(C[C@H]2CC(C(=O)NN)=NO2)cc2c(c1OC)OCO2. The van der Waals surface area contributed by atoms with E-state index in [1.54, 1.807) is 7.11 Å². The van der Waals surface area contributed by atoms with E-state index in [-0.39, 0.29) is 18.6 Å². The van der Waals surface area contributed by atoms with Crippen molar-refractivity contribution in [2.45, 2.75) is 18.9 Å². The van der Waals surface area contributed by atoms with E-state index >= 15 is 0 Å². The molecule has 0 unspecified atom stereocenters. The van der Waals surface area contributed by atoms with Crippen LogP contribution in [0.4, 0.5) is 0 Å². The molecule has 0 aliphatic carbocycles. The molecule has 0 saturated heterocycles. The van der Waals surface area contributed by atoms with Crippen LogP contribution in [0.2, 0.25) is 0 Å². The normalized spacial score (nSPS) is 18.2. The number of nitrogens with two attached hydrogens (primary N) is 1. The molecule has 9 heteroatoms. The molecule has 0 fully saturated rings. The highest BCUT2D eigenvalue weighted by atomic mass is 16.7. The third-order valence-electron chi connectivity index (χ3n) is 3.63. The van der Waals surface area contributed by atoms with E-state index < -0.39 is 5.91 Å². The van der Waals surface area contributed by atoms with Gasteiger partial charge in [-0.1, -0.05) is 5.16 Å². The highest BCUT2D eigenvalue weighted by molar-refractivity contribution is 6.38. The fourth-order valence-electron chi connectivity index (χ4n) is 2.61. The average molecular weight is 323 g/mol. The zero-order valence-corrected chi connectivity index (χ0v) is 12.8. The van der Waals surface area contributed by atoms with Crippen molar-refractivity contribution in [1.82, 2.24) is 5.43 Å². The maximum Gasteiger partial charge on any atom is 0.283 e. The number of hydrogen-bond acceptors (Lipinski definition) is 8. The van der Waals surface area contributed by atoms with Gasteiger partial charge in [0.2, 0.25) is 18.3 Å². The molecule has 2 heterocycles. The van der Waals surface area contributed by atoms with Crippen LogP contribution < -0.4 is 30.2 Å². The van der Waals surface area contributed by atoms with Crippen molar-refractivity contribution in [2.24, 2.45) is 11.0 Å². The minimum atomic E-state index is -0.456. The molecule has 124 valence electrons. The molecule has 3 rings (SSSR count). The first-order chi connectivity index (χ1) is 11.2. The summed E-state index contributed by atoms with van der Waals surface area (Å²) in [5.41, 5.74) is 3.10. The Morgan fingerprint density at radius 1 is 1.39 bits per heavy atom. The largest absolute Gasteiger partial charge is 0.492 e. The Kier molecular flexibility index (Phi) is 4.11. The van der Waals surface area contributed by atoms with E-state index in [1.807, 2.05) is 11.5 Å². The van der Waals surface area contributed by atoms with Gasteiger partial charge in [-0.05, 0) is 6.07 Å². The van der Waals surface area contributed by atoms with E-state index in [1.165, 1.54) is 7.11 Å². The number of amides is 1. The van der Waals surface area contributed by atoms with Crippen molar-refractivity contribution in [2.75, 3.05) is 21.0 Å². The van der Waals surface area contributed by atoms with E-state index in [2.05, 4.69) is 5.16 Å². The number of benzene rings is 1. The summed E-state index contributed by atoms with van der Waals surface area (Å²) in [5.74, 6) is 6.74. The number of nitrogens with zero attached hydrogens (tertiary/aromatic N) is 1. The topological polar surface area (TPSA) is 114 Å². The number of carbonyl (C=O) groups excluding carboxylic acids is 1. The van der Waals surface area contributed by atoms with Crippen LogP contribution in [0.25, 0.3) is 0 Å². The van der Waals surface area contributed by atoms with Crippen molar-refractivity contribution in [3.8, 4) is 23.0 Å². The van der Waals surface area contributed by atoms with Crippen molar-refractivity contribution in [3.63, 3.8) is 0 Å². The highest BCUT2D eigenvalue weighted by Crippen LogP contribution is 2.49. The predicted octanol–water partition coefficient (Wildman–Crippen LogP) is 0.110. The standard InChI is InChI=1S/C14H17N3O6/c1-19-11-7(3-8-5-9(17-23-8)14(18)16-15)4-10-12(13(11)20-2)22-6-21-10/h4,8H,3,5-6,15H2,1-2H3,(H,16,18)/t8-/m0/s1. The Balaban J connectivity index is 1.83. The first kappa shape index (κ1) is 15.2. The van der Waals surface area contributed by atoms with E-state index in [0.717, 1.165) is 5.56 Å². The van der Waals surface area contributed by atoms with Gasteiger partial charge in [0.15, 0.2) is 11.5 Å². The van der Waals surface area contributed by atoms with E-state index in [4.69, 9.17) is 29.6 Å². The van der Waals surface area contributed by atoms with Gasteiger partial charge in [0.25, 0.3) is 5.91 Å². The van der Waals surface area contributed by atoms with Crippen LogP contribution in [0.5, 0.6) is 23.0 Å². The van der Waals surface area contributed by atoms with Crippen LogP contribution in [0.3, 0.4) is 0 Å². The molecule has 0 spiro atoms. The Hall–Kier alpha value is -2.68. The van der Waals surface area contributed by atoms with Gasteiger partial charge in [0.05, 0.1) is 14.2 Å². The maximum absolute atomic E-state index is 11.5. The molecule has 1 amide bonds. The fraction of sp³-hybridized carbons (Fsp3) is 0.429. The molecular formula is C14H17N3O6.